The van der Waals surface area contributed by atoms with Crippen molar-refractivity contribution in [3.63, 3.8) is 0 Å². The van der Waals surface area contributed by atoms with Crippen molar-refractivity contribution < 1.29 is 13.5 Å². The summed E-state index contributed by atoms with van der Waals surface area (Å²) in [6, 6.07) is 6.43. The van der Waals surface area contributed by atoms with E-state index in [1.807, 2.05) is 0 Å². The molecule has 0 heterocycles. The van der Waals surface area contributed by atoms with Gasteiger partial charge in [0.15, 0.2) is 9.84 Å². The Kier molecular flexibility index (Phi) is 5.29. The van der Waals surface area contributed by atoms with E-state index in [4.69, 9.17) is 11.6 Å². The maximum atomic E-state index is 11.9. The molecule has 0 aliphatic rings. The summed E-state index contributed by atoms with van der Waals surface area (Å²) in [5, 5.41) is 10.7. The zero-order chi connectivity index (χ0) is 13.3. The molecule has 17 heavy (non-hydrogen) atoms. The molecule has 0 saturated heterocycles. The van der Waals surface area contributed by atoms with Crippen LogP contribution >= 0.6 is 50.1 Å². The molecule has 0 unspecified atom stereocenters. The average molecular weight is 454 g/mol. The minimum Gasteiger partial charge on any atom is -0.385 e. The maximum Gasteiger partial charge on any atom is 0.207 e. The van der Waals surface area contributed by atoms with E-state index in [1.165, 1.54) is 0 Å². The van der Waals surface area contributed by atoms with Gasteiger partial charge in [0.05, 0.1) is 0 Å². The summed E-state index contributed by atoms with van der Waals surface area (Å²) < 4.78 is 22.3. The van der Waals surface area contributed by atoms with E-state index in [1.54, 1.807) is 53.8 Å². The topological polar surface area (TPSA) is 54.4 Å². The zero-order valence-corrected chi connectivity index (χ0v) is 14.2. The van der Waals surface area contributed by atoms with Gasteiger partial charge in [0.2, 0.25) is 1.66 Å². The third-order valence-electron chi connectivity index (χ3n) is 2.30. The molecule has 2 atom stereocenters. The van der Waals surface area contributed by atoms with Gasteiger partial charge in [-0.2, -0.15) is 0 Å². The molecule has 0 fully saturated rings. The van der Waals surface area contributed by atoms with Crippen LogP contribution in [0, 0.1) is 0 Å². The van der Waals surface area contributed by atoms with Crippen molar-refractivity contribution in [1.82, 2.24) is 0 Å². The Balaban J connectivity index is 3.12. The van der Waals surface area contributed by atoms with Crippen molar-refractivity contribution in [2.45, 2.75) is 14.7 Å². The van der Waals surface area contributed by atoms with E-state index < -0.39 is 17.6 Å². The van der Waals surface area contributed by atoms with Crippen LogP contribution in [0.3, 0.4) is 0 Å². The number of aliphatic hydroxyl groups excluding tert-OH is 1. The van der Waals surface area contributed by atoms with Gasteiger partial charge in [-0.15, -0.1) is 0 Å². The fraction of sp³-hybridized carbons (Fsp3) is 0.400. The van der Waals surface area contributed by atoms with Crippen LogP contribution in [-0.4, -0.2) is 20.9 Å². The van der Waals surface area contributed by atoms with Crippen molar-refractivity contribution in [3.05, 3.63) is 34.9 Å². The Morgan fingerprint density at radius 3 is 2.35 bits per heavy atom. The Bertz CT molecular complexity index is 487. The lowest BCUT2D eigenvalue weighted by Gasteiger charge is -2.26. The molecule has 1 N–H and O–H groups in total. The van der Waals surface area contributed by atoms with Gasteiger partial charge in [-0.25, -0.2) is 8.42 Å². The van der Waals surface area contributed by atoms with Crippen LogP contribution in [0.2, 0.25) is 5.02 Å². The maximum absolute atomic E-state index is 11.9. The van der Waals surface area contributed by atoms with Gasteiger partial charge in [0.25, 0.3) is 0 Å². The van der Waals surface area contributed by atoms with Gasteiger partial charge in [0, 0.05) is 10.8 Å². The number of benzene rings is 1. The van der Waals surface area contributed by atoms with Crippen molar-refractivity contribution >= 4 is 60.0 Å². The van der Waals surface area contributed by atoms with Crippen LogP contribution < -0.4 is 0 Å². The van der Waals surface area contributed by atoms with E-state index >= 15 is 0 Å². The van der Waals surface area contributed by atoms with Gasteiger partial charge in [0.1, 0.15) is 6.10 Å². The summed E-state index contributed by atoms with van der Waals surface area (Å²) >= 11 is 10.5. The Morgan fingerprint density at radius 2 is 1.94 bits per heavy atom. The van der Waals surface area contributed by atoms with Crippen LogP contribution in [0.15, 0.2) is 24.3 Å². The van der Waals surface area contributed by atoms with Gasteiger partial charge in [-0.1, -0.05) is 46.6 Å². The molecular formula is C10H11BrClIO3S. The lowest BCUT2D eigenvalue weighted by Crippen LogP contribution is -2.33. The first kappa shape index (κ1) is 15.7. The molecule has 0 spiro atoms. The van der Waals surface area contributed by atoms with Crippen LogP contribution in [0.1, 0.15) is 18.6 Å². The molecule has 1 aromatic carbocycles. The molecule has 0 aliphatic heterocycles. The lowest BCUT2D eigenvalue weighted by atomic mass is 10.1. The van der Waals surface area contributed by atoms with Crippen molar-refractivity contribution in [2.24, 2.45) is 0 Å². The summed E-state index contributed by atoms with van der Waals surface area (Å²) in [4.78, 5) is 0. The van der Waals surface area contributed by atoms with Crippen LogP contribution in [0.4, 0.5) is 0 Å². The van der Waals surface area contributed by atoms with E-state index in [0.29, 0.717) is 10.6 Å². The van der Waals surface area contributed by atoms with E-state index in [0.717, 1.165) is 0 Å². The van der Waals surface area contributed by atoms with Crippen LogP contribution in [0.5, 0.6) is 0 Å². The number of aliphatic hydroxyl groups is 1. The lowest BCUT2D eigenvalue weighted by molar-refractivity contribution is 0.191. The second-order valence-corrected chi connectivity index (χ2v) is 12.0. The largest absolute Gasteiger partial charge is 0.385 e. The monoisotopic (exact) mass is 452 g/mol. The van der Waals surface area contributed by atoms with Crippen molar-refractivity contribution in [2.75, 3.05) is 5.75 Å². The summed E-state index contributed by atoms with van der Waals surface area (Å²) in [7, 11) is -3.43. The van der Waals surface area contributed by atoms with Gasteiger partial charge >= 0.3 is 0 Å². The molecule has 0 aromatic heterocycles. The number of halogens is 3. The predicted molar refractivity (Wildman–Crippen MR) is 81.6 cm³/mol. The standard InChI is InChI=1S/C10H11BrClIO3S/c1-2-17(15,16)10(11,13)9(14)7-3-5-8(12)6-4-7/h3-6,9,14H,2H2,1H3/t9-,10-/m0/s1. The van der Waals surface area contributed by atoms with Gasteiger partial charge in [-0.3, -0.25) is 0 Å². The van der Waals surface area contributed by atoms with Crippen LogP contribution in [0.25, 0.3) is 0 Å². The number of hydrogen-bond donors (Lipinski definition) is 1. The summed E-state index contributed by atoms with van der Waals surface area (Å²) in [6.07, 6.45) is -1.16. The highest BCUT2D eigenvalue weighted by Crippen LogP contribution is 2.45. The van der Waals surface area contributed by atoms with Gasteiger partial charge < -0.3 is 5.11 Å². The van der Waals surface area contributed by atoms with E-state index in [9.17, 15) is 13.5 Å². The number of alkyl halides is 2. The first-order chi connectivity index (χ1) is 7.72. The van der Waals surface area contributed by atoms with Crippen molar-refractivity contribution in [1.29, 1.82) is 0 Å². The molecule has 1 rings (SSSR count). The molecule has 96 valence electrons. The molecule has 0 bridgehead atoms. The number of sulfone groups is 1. The number of rotatable bonds is 4. The van der Waals surface area contributed by atoms with Crippen molar-refractivity contribution in [3.8, 4) is 0 Å². The van der Waals surface area contributed by atoms with Gasteiger partial charge in [-0.05, 0) is 40.3 Å². The zero-order valence-electron chi connectivity index (χ0n) is 8.90. The Morgan fingerprint density at radius 1 is 1.47 bits per heavy atom. The molecule has 3 nitrogen and oxygen atoms in total. The highest BCUT2D eigenvalue weighted by atomic mass is 127. The normalized spacial score (nSPS) is 17.5. The summed E-state index contributed by atoms with van der Waals surface area (Å²) in [6.45, 7) is 1.54. The smallest absolute Gasteiger partial charge is 0.207 e. The Labute approximate surface area is 128 Å². The molecule has 0 saturated carbocycles. The minimum absolute atomic E-state index is 0.0498. The molecule has 0 radical (unpaired) electrons. The third-order valence-corrected chi connectivity index (χ3v) is 8.88. The predicted octanol–water partition coefficient (Wildman–Crippen LogP) is 3.29. The Hall–Kier alpha value is 0.630. The highest BCUT2D eigenvalue weighted by molar-refractivity contribution is 14.1. The molecule has 7 heteroatoms. The molecular weight excluding hydrogens is 442 g/mol. The summed E-state index contributed by atoms with van der Waals surface area (Å²) in [5.41, 5.74) is 0.498. The van der Waals surface area contributed by atoms with Crippen LogP contribution in [-0.2, 0) is 9.84 Å². The fourth-order valence-corrected chi connectivity index (χ4v) is 4.43. The first-order valence-corrected chi connectivity index (χ1v) is 8.66. The van der Waals surface area contributed by atoms with E-state index in [-0.39, 0.29) is 5.75 Å². The first-order valence-electron chi connectivity index (χ1n) is 4.76. The number of hydrogen-bond acceptors (Lipinski definition) is 3. The molecule has 1 aromatic rings. The second kappa shape index (κ2) is 5.73. The SMILES string of the molecule is CCS(=O)(=O)[C@@](Br)(I)[C@@H](O)c1ccc(Cl)cc1. The minimum atomic E-state index is -3.43. The quantitative estimate of drug-likeness (QED) is 0.562. The molecule has 0 aliphatic carbocycles. The average Bonchev–Trinajstić information content (AvgIpc) is 2.28. The van der Waals surface area contributed by atoms with E-state index in [2.05, 4.69) is 15.9 Å². The highest BCUT2D eigenvalue weighted by Gasteiger charge is 2.44. The fourth-order valence-electron chi connectivity index (χ4n) is 1.20. The third kappa shape index (κ3) is 3.34. The summed E-state index contributed by atoms with van der Waals surface area (Å²) in [5.74, 6) is -0.0498. The molecule has 0 amide bonds. The second-order valence-electron chi connectivity index (χ2n) is 3.42.